The minimum Gasteiger partial charge on any atom is -0.355 e. The zero-order chi connectivity index (χ0) is 23.2. The van der Waals surface area contributed by atoms with Gasteiger partial charge in [0.05, 0.1) is 17.7 Å². The average Bonchev–Trinajstić information content (AvgIpc) is 2.70. The number of alkyl halides is 6. The van der Waals surface area contributed by atoms with Gasteiger partial charge >= 0.3 is 12.4 Å². The molecule has 2 rings (SSSR count). The van der Waals surface area contributed by atoms with Gasteiger partial charge in [-0.2, -0.15) is 26.3 Å². The Kier molecular flexibility index (Phi) is 8.33. The van der Waals surface area contributed by atoms with Crippen molar-refractivity contribution in [2.75, 3.05) is 32.7 Å². The molecule has 2 N–H and O–H groups in total. The molecule has 0 spiro atoms. The van der Waals surface area contributed by atoms with Crippen molar-refractivity contribution >= 4 is 11.8 Å². The maximum absolute atomic E-state index is 12.9. The van der Waals surface area contributed by atoms with Crippen LogP contribution in [0.5, 0.6) is 0 Å². The fourth-order valence-electron chi connectivity index (χ4n) is 3.30. The molecule has 1 aromatic rings. The second kappa shape index (κ2) is 10.3. The maximum atomic E-state index is 12.9. The van der Waals surface area contributed by atoms with Crippen molar-refractivity contribution in [3.05, 3.63) is 34.9 Å². The van der Waals surface area contributed by atoms with Gasteiger partial charge in [-0.1, -0.05) is 6.92 Å². The molecule has 1 heterocycles. The molecule has 2 amide bonds. The summed E-state index contributed by atoms with van der Waals surface area (Å²) in [5.41, 5.74) is -3.74. The Morgan fingerprint density at radius 1 is 0.968 bits per heavy atom. The molecule has 0 aliphatic carbocycles. The van der Waals surface area contributed by atoms with E-state index in [2.05, 4.69) is 10.6 Å². The molecule has 31 heavy (non-hydrogen) atoms. The fraction of sp³-hybridized carbons (Fsp3) is 0.600. The number of piperidine rings is 1. The molecule has 1 fully saturated rings. The van der Waals surface area contributed by atoms with E-state index < -0.39 is 35.0 Å². The highest BCUT2D eigenvalue weighted by Crippen LogP contribution is 2.36. The van der Waals surface area contributed by atoms with Crippen molar-refractivity contribution in [1.29, 1.82) is 0 Å². The summed E-state index contributed by atoms with van der Waals surface area (Å²) in [5.74, 6) is -1.04. The lowest BCUT2D eigenvalue weighted by Crippen LogP contribution is -2.43. The predicted molar refractivity (Wildman–Crippen MR) is 101 cm³/mol. The Bertz CT molecular complexity index is 739. The Labute approximate surface area is 176 Å². The first kappa shape index (κ1) is 25.0. The number of likely N-dealkylation sites (tertiary alicyclic amines) is 1. The monoisotopic (exact) mass is 453 g/mol. The first-order chi connectivity index (χ1) is 14.4. The highest BCUT2D eigenvalue weighted by molar-refractivity contribution is 5.94. The van der Waals surface area contributed by atoms with Gasteiger partial charge in [-0.15, -0.1) is 0 Å². The zero-order valence-corrected chi connectivity index (χ0v) is 17.0. The van der Waals surface area contributed by atoms with Crippen LogP contribution in [-0.2, 0) is 17.1 Å². The molecular formula is C20H25F6N3O2. The second-order valence-electron chi connectivity index (χ2n) is 7.57. The summed E-state index contributed by atoms with van der Waals surface area (Å²) in [6, 6.07) is 0.827. The molecule has 11 heteroatoms. The van der Waals surface area contributed by atoms with E-state index in [1.807, 2.05) is 11.8 Å². The summed E-state index contributed by atoms with van der Waals surface area (Å²) in [7, 11) is 0. The van der Waals surface area contributed by atoms with Gasteiger partial charge in [-0.3, -0.25) is 14.5 Å². The van der Waals surface area contributed by atoms with E-state index in [0.29, 0.717) is 44.6 Å². The summed E-state index contributed by atoms with van der Waals surface area (Å²) in [4.78, 5) is 26.0. The predicted octanol–water partition coefficient (Wildman–Crippen LogP) is 3.69. The van der Waals surface area contributed by atoms with Crippen LogP contribution in [0, 0.1) is 5.92 Å². The van der Waals surface area contributed by atoms with Crippen molar-refractivity contribution in [1.82, 2.24) is 15.5 Å². The Balaban J connectivity index is 1.92. The number of carbonyl (C=O) groups is 2. The minimum absolute atomic E-state index is 0.0108. The van der Waals surface area contributed by atoms with Gasteiger partial charge in [-0.25, -0.2) is 0 Å². The first-order valence-corrected chi connectivity index (χ1v) is 9.97. The average molecular weight is 453 g/mol. The molecule has 1 aliphatic heterocycles. The van der Waals surface area contributed by atoms with E-state index in [9.17, 15) is 35.9 Å². The first-order valence-electron chi connectivity index (χ1n) is 9.97. The van der Waals surface area contributed by atoms with Gasteiger partial charge in [0.25, 0.3) is 5.91 Å². The minimum atomic E-state index is -5.01. The number of nitrogens with zero attached hydrogens (tertiary/aromatic N) is 1. The molecule has 0 bridgehead atoms. The lowest BCUT2D eigenvalue weighted by atomic mass is 9.96. The van der Waals surface area contributed by atoms with Crippen molar-refractivity contribution in [3.8, 4) is 0 Å². The topological polar surface area (TPSA) is 61.4 Å². The third-order valence-electron chi connectivity index (χ3n) is 5.05. The standard InChI is InChI=1S/C20H25F6N3O2/c1-2-5-27-17(30)12-29-6-3-13(4-7-29)11-28-18(31)14-8-15(19(21,22)23)10-16(9-14)20(24,25)26/h8-10,13H,2-7,11-12H2,1H3,(H,27,30)(H,28,31). The summed E-state index contributed by atoms with van der Waals surface area (Å²) in [5, 5.41) is 5.22. The molecule has 1 aliphatic rings. The van der Waals surface area contributed by atoms with Crippen LogP contribution in [0.4, 0.5) is 26.3 Å². The molecule has 0 aromatic heterocycles. The normalized spacial score (nSPS) is 16.2. The smallest absolute Gasteiger partial charge is 0.355 e. The highest BCUT2D eigenvalue weighted by atomic mass is 19.4. The van der Waals surface area contributed by atoms with Gasteiger partial charge in [0.1, 0.15) is 0 Å². The molecule has 1 saturated heterocycles. The summed E-state index contributed by atoms with van der Waals surface area (Å²) >= 11 is 0. The molecule has 1 aromatic carbocycles. The van der Waals surface area contributed by atoms with E-state index >= 15 is 0 Å². The maximum Gasteiger partial charge on any atom is 0.416 e. The molecule has 0 atom stereocenters. The molecule has 174 valence electrons. The van der Waals surface area contributed by atoms with Crippen molar-refractivity contribution in [2.24, 2.45) is 5.92 Å². The van der Waals surface area contributed by atoms with Crippen LogP contribution in [0.15, 0.2) is 18.2 Å². The largest absolute Gasteiger partial charge is 0.416 e. The fourth-order valence-corrected chi connectivity index (χ4v) is 3.30. The van der Waals surface area contributed by atoms with Gasteiger partial charge in [0, 0.05) is 18.7 Å². The number of nitrogens with one attached hydrogen (secondary N) is 2. The Morgan fingerprint density at radius 3 is 2.00 bits per heavy atom. The lowest BCUT2D eigenvalue weighted by molar-refractivity contribution is -0.143. The lowest BCUT2D eigenvalue weighted by Gasteiger charge is -2.31. The molecular weight excluding hydrogens is 428 g/mol. The van der Waals surface area contributed by atoms with Crippen LogP contribution in [0.25, 0.3) is 0 Å². The van der Waals surface area contributed by atoms with Crippen molar-refractivity contribution in [2.45, 2.75) is 38.5 Å². The van der Waals surface area contributed by atoms with E-state index in [1.165, 1.54) is 0 Å². The van der Waals surface area contributed by atoms with E-state index in [0.717, 1.165) is 6.42 Å². The second-order valence-corrected chi connectivity index (χ2v) is 7.57. The van der Waals surface area contributed by atoms with E-state index in [-0.39, 0.29) is 31.0 Å². The van der Waals surface area contributed by atoms with Crippen LogP contribution >= 0.6 is 0 Å². The van der Waals surface area contributed by atoms with Crippen LogP contribution in [0.1, 0.15) is 47.7 Å². The van der Waals surface area contributed by atoms with E-state index in [1.54, 1.807) is 0 Å². The molecule has 0 saturated carbocycles. The summed E-state index contributed by atoms with van der Waals surface area (Å²) in [6.07, 6.45) is -7.88. The van der Waals surface area contributed by atoms with Gasteiger partial charge in [0.2, 0.25) is 5.91 Å². The third kappa shape index (κ3) is 7.71. The number of carbonyl (C=O) groups excluding carboxylic acids is 2. The number of rotatable bonds is 7. The number of halogens is 6. The number of amides is 2. The van der Waals surface area contributed by atoms with Gasteiger partial charge < -0.3 is 10.6 Å². The quantitative estimate of drug-likeness (QED) is 0.620. The summed E-state index contributed by atoms with van der Waals surface area (Å²) in [6.45, 7) is 4.18. The van der Waals surface area contributed by atoms with Crippen LogP contribution in [0.2, 0.25) is 0 Å². The Hall–Kier alpha value is -2.30. The van der Waals surface area contributed by atoms with Gasteiger partial charge in [-0.05, 0) is 56.5 Å². The third-order valence-corrected chi connectivity index (χ3v) is 5.05. The van der Waals surface area contributed by atoms with Crippen molar-refractivity contribution in [3.63, 3.8) is 0 Å². The SMILES string of the molecule is CCCNC(=O)CN1CCC(CNC(=O)c2cc(C(F)(F)F)cc(C(F)(F)F)c2)CC1. The van der Waals surface area contributed by atoms with E-state index in [4.69, 9.17) is 0 Å². The van der Waals surface area contributed by atoms with Crippen molar-refractivity contribution < 1.29 is 35.9 Å². The number of hydrogen-bond donors (Lipinski definition) is 2. The number of benzene rings is 1. The zero-order valence-electron chi connectivity index (χ0n) is 17.0. The van der Waals surface area contributed by atoms with Crippen LogP contribution < -0.4 is 10.6 Å². The van der Waals surface area contributed by atoms with Crippen LogP contribution in [0.3, 0.4) is 0 Å². The molecule has 5 nitrogen and oxygen atoms in total. The molecule has 0 unspecified atom stereocenters. The number of hydrogen-bond acceptors (Lipinski definition) is 3. The Morgan fingerprint density at radius 2 is 1.52 bits per heavy atom. The van der Waals surface area contributed by atoms with Crippen LogP contribution in [-0.4, -0.2) is 49.4 Å². The summed E-state index contributed by atoms with van der Waals surface area (Å²) < 4.78 is 77.6. The molecule has 0 radical (unpaired) electrons. The highest BCUT2D eigenvalue weighted by Gasteiger charge is 2.37. The van der Waals surface area contributed by atoms with Gasteiger partial charge in [0.15, 0.2) is 0 Å².